The molecule has 0 aliphatic rings. The van der Waals surface area contributed by atoms with Gasteiger partial charge < -0.3 is 20.3 Å². The van der Waals surface area contributed by atoms with Gasteiger partial charge in [0.15, 0.2) is 6.61 Å². The van der Waals surface area contributed by atoms with Crippen molar-refractivity contribution in [3.63, 3.8) is 0 Å². The number of aromatic nitrogens is 2. The van der Waals surface area contributed by atoms with E-state index in [2.05, 4.69) is 15.5 Å². The first-order valence-electron chi connectivity index (χ1n) is 7.04. The Morgan fingerprint density at radius 1 is 1.36 bits per heavy atom. The number of benzene rings is 1. The van der Waals surface area contributed by atoms with Crippen LogP contribution in [0, 0.1) is 12.8 Å². The quantitative estimate of drug-likeness (QED) is 0.844. The lowest BCUT2D eigenvalue weighted by Crippen LogP contribution is -2.39. The third kappa shape index (κ3) is 4.29. The van der Waals surface area contributed by atoms with Crippen LogP contribution < -0.4 is 15.8 Å². The van der Waals surface area contributed by atoms with Gasteiger partial charge >= 0.3 is 0 Å². The Balaban J connectivity index is 1.88. The van der Waals surface area contributed by atoms with Gasteiger partial charge in [-0.25, -0.2) is 0 Å². The highest BCUT2D eigenvalue weighted by Crippen LogP contribution is 2.17. The SMILES string of the molecule is Cc1nc(COc2ccc(NC(=O)[C@@H](N)C(C)C)cc2)no1. The largest absolute Gasteiger partial charge is 0.485 e. The van der Waals surface area contributed by atoms with Crippen molar-refractivity contribution in [3.05, 3.63) is 36.0 Å². The molecule has 0 saturated carbocycles. The zero-order valence-electron chi connectivity index (χ0n) is 12.9. The molecule has 0 fully saturated rings. The summed E-state index contributed by atoms with van der Waals surface area (Å²) in [5, 5.41) is 6.51. The fraction of sp³-hybridized carbons (Fsp3) is 0.400. The smallest absolute Gasteiger partial charge is 0.241 e. The average Bonchev–Trinajstić information content (AvgIpc) is 2.91. The highest BCUT2D eigenvalue weighted by Gasteiger charge is 2.17. The lowest BCUT2D eigenvalue weighted by molar-refractivity contribution is -0.118. The molecule has 1 heterocycles. The van der Waals surface area contributed by atoms with Crippen LogP contribution in [-0.4, -0.2) is 22.1 Å². The zero-order chi connectivity index (χ0) is 16.1. The maximum atomic E-state index is 11.9. The van der Waals surface area contributed by atoms with Crippen LogP contribution in [0.4, 0.5) is 5.69 Å². The molecule has 3 N–H and O–H groups in total. The molecule has 0 spiro atoms. The van der Waals surface area contributed by atoms with Gasteiger partial charge in [-0.15, -0.1) is 0 Å². The van der Waals surface area contributed by atoms with Gasteiger partial charge in [0.25, 0.3) is 0 Å². The molecule has 0 saturated heterocycles. The number of amides is 1. The van der Waals surface area contributed by atoms with Gasteiger partial charge in [0.05, 0.1) is 6.04 Å². The van der Waals surface area contributed by atoms with Crippen molar-refractivity contribution in [2.24, 2.45) is 11.7 Å². The molecular weight excluding hydrogens is 284 g/mol. The van der Waals surface area contributed by atoms with E-state index in [1.807, 2.05) is 13.8 Å². The number of carbonyl (C=O) groups is 1. The third-order valence-corrected chi connectivity index (χ3v) is 3.08. The summed E-state index contributed by atoms with van der Waals surface area (Å²) in [6.07, 6.45) is 0. The molecule has 7 heteroatoms. The maximum Gasteiger partial charge on any atom is 0.241 e. The number of anilines is 1. The summed E-state index contributed by atoms with van der Waals surface area (Å²) in [6.45, 7) is 5.75. The Labute approximate surface area is 128 Å². The zero-order valence-corrected chi connectivity index (χ0v) is 12.9. The first-order chi connectivity index (χ1) is 10.5. The van der Waals surface area contributed by atoms with Crippen LogP contribution in [-0.2, 0) is 11.4 Å². The molecule has 0 aliphatic carbocycles. The standard InChI is InChI=1S/C15H20N4O3/c1-9(2)14(16)15(20)18-11-4-6-12(7-5-11)21-8-13-17-10(3)22-19-13/h4-7,9,14H,8,16H2,1-3H3,(H,18,20)/t14-/m0/s1. The predicted octanol–water partition coefficient (Wildman–Crippen LogP) is 1.88. The molecule has 0 aliphatic heterocycles. The molecule has 118 valence electrons. The first-order valence-corrected chi connectivity index (χ1v) is 7.04. The summed E-state index contributed by atoms with van der Waals surface area (Å²) in [5.41, 5.74) is 6.46. The molecule has 7 nitrogen and oxygen atoms in total. The minimum absolute atomic E-state index is 0.0843. The topological polar surface area (TPSA) is 103 Å². The molecule has 0 bridgehead atoms. The summed E-state index contributed by atoms with van der Waals surface area (Å²) in [5.74, 6) is 1.51. The number of ether oxygens (including phenoxy) is 1. The monoisotopic (exact) mass is 304 g/mol. The maximum absolute atomic E-state index is 11.9. The fourth-order valence-corrected chi connectivity index (χ4v) is 1.71. The molecule has 0 unspecified atom stereocenters. The third-order valence-electron chi connectivity index (χ3n) is 3.08. The van der Waals surface area contributed by atoms with Gasteiger partial charge in [-0.2, -0.15) is 4.98 Å². The van der Waals surface area contributed by atoms with Crippen LogP contribution in [0.25, 0.3) is 0 Å². The van der Waals surface area contributed by atoms with Gasteiger partial charge in [0.1, 0.15) is 5.75 Å². The molecule has 1 aromatic carbocycles. The molecule has 1 atom stereocenters. The van der Waals surface area contributed by atoms with E-state index in [0.717, 1.165) is 0 Å². The Kier molecular flexibility index (Phi) is 5.11. The number of carbonyl (C=O) groups excluding carboxylic acids is 1. The van der Waals surface area contributed by atoms with Crippen LogP contribution in [0.2, 0.25) is 0 Å². The van der Waals surface area contributed by atoms with E-state index < -0.39 is 6.04 Å². The Hall–Kier alpha value is -2.41. The molecule has 1 amide bonds. The number of nitrogens with two attached hydrogens (primary N) is 1. The minimum atomic E-state index is -0.530. The first kappa shape index (κ1) is 16.0. The predicted molar refractivity (Wildman–Crippen MR) is 81.3 cm³/mol. The van der Waals surface area contributed by atoms with E-state index in [4.69, 9.17) is 15.0 Å². The number of aryl methyl sites for hydroxylation is 1. The Bertz CT molecular complexity index is 622. The number of nitrogens with zero attached hydrogens (tertiary/aromatic N) is 2. The van der Waals surface area contributed by atoms with E-state index in [9.17, 15) is 4.79 Å². The molecule has 1 aromatic heterocycles. The summed E-state index contributed by atoms with van der Waals surface area (Å²) in [7, 11) is 0. The lowest BCUT2D eigenvalue weighted by atomic mass is 10.1. The van der Waals surface area contributed by atoms with Crippen LogP contribution >= 0.6 is 0 Å². The summed E-state index contributed by atoms with van der Waals surface area (Å²) >= 11 is 0. The second-order valence-electron chi connectivity index (χ2n) is 5.30. The van der Waals surface area contributed by atoms with E-state index >= 15 is 0 Å². The van der Waals surface area contributed by atoms with Gasteiger partial charge in [-0.1, -0.05) is 19.0 Å². The van der Waals surface area contributed by atoms with Crippen molar-refractivity contribution in [2.45, 2.75) is 33.4 Å². The number of hydrogen-bond donors (Lipinski definition) is 2. The summed E-state index contributed by atoms with van der Waals surface area (Å²) in [6, 6.07) is 6.48. The fourth-order valence-electron chi connectivity index (χ4n) is 1.71. The van der Waals surface area contributed by atoms with Gasteiger partial charge in [0, 0.05) is 12.6 Å². The summed E-state index contributed by atoms with van der Waals surface area (Å²) < 4.78 is 10.4. The van der Waals surface area contributed by atoms with Gasteiger partial charge in [-0.3, -0.25) is 4.79 Å². The normalized spacial score (nSPS) is 12.2. The number of hydrogen-bond acceptors (Lipinski definition) is 6. The Morgan fingerprint density at radius 3 is 2.59 bits per heavy atom. The molecule has 22 heavy (non-hydrogen) atoms. The van der Waals surface area contributed by atoms with Gasteiger partial charge in [0.2, 0.25) is 17.6 Å². The molecule has 2 rings (SSSR count). The second kappa shape index (κ2) is 7.04. The van der Waals surface area contributed by atoms with E-state index in [1.54, 1.807) is 31.2 Å². The second-order valence-corrected chi connectivity index (χ2v) is 5.30. The van der Waals surface area contributed by atoms with Crippen molar-refractivity contribution >= 4 is 11.6 Å². The summed E-state index contributed by atoms with van der Waals surface area (Å²) in [4.78, 5) is 15.9. The highest BCUT2D eigenvalue weighted by molar-refractivity contribution is 5.94. The van der Waals surface area contributed by atoms with Gasteiger partial charge in [-0.05, 0) is 30.2 Å². The average molecular weight is 304 g/mol. The van der Waals surface area contributed by atoms with Crippen LogP contribution in [0.15, 0.2) is 28.8 Å². The minimum Gasteiger partial charge on any atom is -0.485 e. The van der Waals surface area contributed by atoms with Crippen molar-refractivity contribution in [3.8, 4) is 5.75 Å². The van der Waals surface area contributed by atoms with Crippen molar-refractivity contribution in [1.29, 1.82) is 0 Å². The Morgan fingerprint density at radius 2 is 2.05 bits per heavy atom. The van der Waals surface area contributed by atoms with Crippen LogP contribution in [0.1, 0.15) is 25.6 Å². The van der Waals surface area contributed by atoms with Crippen molar-refractivity contribution < 1.29 is 14.1 Å². The number of rotatable bonds is 6. The molecule has 0 radical (unpaired) electrons. The molecular formula is C15H20N4O3. The van der Waals surface area contributed by atoms with Crippen molar-refractivity contribution in [1.82, 2.24) is 10.1 Å². The highest BCUT2D eigenvalue weighted by atomic mass is 16.5. The molecule has 2 aromatic rings. The van der Waals surface area contributed by atoms with Crippen LogP contribution in [0.3, 0.4) is 0 Å². The van der Waals surface area contributed by atoms with E-state index in [-0.39, 0.29) is 18.4 Å². The number of nitrogens with one attached hydrogen (secondary N) is 1. The van der Waals surface area contributed by atoms with E-state index in [0.29, 0.717) is 23.2 Å². The van der Waals surface area contributed by atoms with Crippen LogP contribution in [0.5, 0.6) is 5.75 Å². The van der Waals surface area contributed by atoms with E-state index in [1.165, 1.54) is 0 Å². The lowest BCUT2D eigenvalue weighted by Gasteiger charge is -2.15. The van der Waals surface area contributed by atoms with Crippen molar-refractivity contribution in [2.75, 3.05) is 5.32 Å².